The van der Waals surface area contributed by atoms with Crippen molar-refractivity contribution in [3.05, 3.63) is 78.5 Å². The van der Waals surface area contributed by atoms with E-state index in [1.807, 2.05) is 24.3 Å². The molecule has 0 bridgehead atoms. The molecule has 0 spiro atoms. The van der Waals surface area contributed by atoms with Crippen molar-refractivity contribution < 1.29 is 4.74 Å². The first kappa shape index (κ1) is 18.3. The van der Waals surface area contributed by atoms with Crippen LogP contribution >= 0.6 is 0 Å². The van der Waals surface area contributed by atoms with E-state index in [4.69, 9.17) is 4.74 Å². The second kappa shape index (κ2) is 8.72. The molecule has 0 radical (unpaired) electrons. The number of fused-ring (bicyclic) bond motifs is 1. The summed E-state index contributed by atoms with van der Waals surface area (Å²) < 4.78 is 8.55. The third kappa shape index (κ3) is 4.36. The molecular weight excluding hydrogens is 320 g/mol. The van der Waals surface area contributed by atoms with E-state index in [0.717, 1.165) is 31.7 Å². The van der Waals surface area contributed by atoms with Crippen molar-refractivity contribution in [3.8, 4) is 5.75 Å². The molecule has 1 aromatic heterocycles. The van der Waals surface area contributed by atoms with Gasteiger partial charge in [0, 0.05) is 24.7 Å². The Morgan fingerprint density at radius 3 is 2.62 bits per heavy atom. The van der Waals surface area contributed by atoms with E-state index < -0.39 is 0 Å². The summed E-state index contributed by atoms with van der Waals surface area (Å²) in [7, 11) is 4.23. The molecule has 3 heteroatoms. The number of likely N-dealkylation sites (N-methyl/N-ethyl adjacent to an activating group) is 1. The predicted molar refractivity (Wildman–Crippen MR) is 110 cm³/mol. The third-order valence-electron chi connectivity index (χ3n) is 4.59. The van der Waals surface area contributed by atoms with Gasteiger partial charge in [-0.2, -0.15) is 0 Å². The summed E-state index contributed by atoms with van der Waals surface area (Å²) in [5.41, 5.74) is 3.78. The van der Waals surface area contributed by atoms with Crippen LogP contribution in [-0.4, -0.2) is 30.1 Å². The molecule has 136 valence electrons. The minimum Gasteiger partial charge on any atom is -0.488 e. The van der Waals surface area contributed by atoms with Crippen LogP contribution in [0.1, 0.15) is 17.5 Å². The van der Waals surface area contributed by atoms with Crippen molar-refractivity contribution in [2.24, 2.45) is 0 Å². The van der Waals surface area contributed by atoms with Gasteiger partial charge in [-0.25, -0.2) is 0 Å². The number of allylic oxidation sites excluding steroid dienone is 1. The van der Waals surface area contributed by atoms with Gasteiger partial charge in [0.05, 0.1) is 5.52 Å². The molecule has 0 atom stereocenters. The molecule has 1 heterocycles. The van der Waals surface area contributed by atoms with Gasteiger partial charge >= 0.3 is 0 Å². The molecule has 0 N–H and O–H groups in total. The molecule has 0 unspecified atom stereocenters. The second-order valence-corrected chi connectivity index (χ2v) is 6.90. The Morgan fingerprint density at radius 2 is 1.88 bits per heavy atom. The lowest BCUT2D eigenvalue weighted by Gasteiger charge is -2.11. The molecular formula is C23H28N2O. The topological polar surface area (TPSA) is 17.4 Å². The number of nitrogens with zero attached hydrogens (tertiary/aromatic N) is 2. The molecule has 26 heavy (non-hydrogen) atoms. The maximum absolute atomic E-state index is 6.22. The molecule has 0 fully saturated rings. The fourth-order valence-corrected chi connectivity index (χ4v) is 3.21. The molecule has 0 saturated heterocycles. The van der Waals surface area contributed by atoms with Crippen molar-refractivity contribution in [2.75, 3.05) is 20.6 Å². The molecule has 2 aromatic carbocycles. The minimum absolute atomic E-state index is 0.588. The average Bonchev–Trinajstić information content (AvgIpc) is 3.02. The number of benzene rings is 2. The number of hydrogen-bond acceptors (Lipinski definition) is 2. The summed E-state index contributed by atoms with van der Waals surface area (Å²) in [6, 6.07) is 16.7. The first-order valence-corrected chi connectivity index (χ1v) is 9.22. The number of hydrogen-bond donors (Lipinski definition) is 0. The van der Waals surface area contributed by atoms with Crippen molar-refractivity contribution in [2.45, 2.75) is 26.0 Å². The van der Waals surface area contributed by atoms with E-state index >= 15 is 0 Å². The molecule has 3 rings (SSSR count). The summed E-state index contributed by atoms with van der Waals surface area (Å²) in [5, 5.41) is 1.24. The molecule has 0 aliphatic rings. The first-order valence-electron chi connectivity index (χ1n) is 9.22. The number of rotatable bonds is 9. The highest BCUT2D eigenvalue weighted by Gasteiger charge is 2.13. The minimum atomic E-state index is 0.588. The summed E-state index contributed by atoms with van der Waals surface area (Å²) in [4.78, 5) is 2.22. The largest absolute Gasteiger partial charge is 0.488 e. The molecule has 3 aromatic rings. The molecule has 0 aliphatic carbocycles. The third-order valence-corrected chi connectivity index (χ3v) is 4.59. The summed E-state index contributed by atoms with van der Waals surface area (Å²) in [5.74, 6) is 0.970. The lowest BCUT2D eigenvalue weighted by Crippen LogP contribution is -2.15. The van der Waals surface area contributed by atoms with Crippen LogP contribution in [0.5, 0.6) is 5.75 Å². The number of aromatic nitrogens is 1. The van der Waals surface area contributed by atoms with Gasteiger partial charge in [0.2, 0.25) is 0 Å². The molecule has 0 aliphatic heterocycles. The number of ether oxygens (including phenoxy) is 1. The molecule has 0 saturated carbocycles. The van der Waals surface area contributed by atoms with E-state index in [1.165, 1.54) is 22.0 Å². The highest BCUT2D eigenvalue weighted by molar-refractivity contribution is 5.90. The first-order chi connectivity index (χ1) is 12.7. The highest BCUT2D eigenvalue weighted by atomic mass is 16.5. The van der Waals surface area contributed by atoms with Crippen molar-refractivity contribution >= 4 is 10.9 Å². The Bertz CT molecular complexity index is 849. The number of aryl methyl sites for hydroxylation is 1. The zero-order valence-corrected chi connectivity index (χ0v) is 15.8. The van der Waals surface area contributed by atoms with Crippen LogP contribution in [-0.2, 0) is 19.6 Å². The molecule has 0 amide bonds. The van der Waals surface area contributed by atoms with E-state index in [2.05, 4.69) is 66.7 Å². The van der Waals surface area contributed by atoms with Crippen molar-refractivity contribution in [1.29, 1.82) is 0 Å². The van der Waals surface area contributed by atoms with Crippen LogP contribution in [0.15, 0.2) is 67.4 Å². The Hall–Kier alpha value is -2.52. The van der Waals surface area contributed by atoms with Gasteiger partial charge in [-0.3, -0.25) is 0 Å². The van der Waals surface area contributed by atoms with E-state index in [1.54, 1.807) is 0 Å². The summed E-state index contributed by atoms with van der Waals surface area (Å²) >= 11 is 0. The Kier molecular flexibility index (Phi) is 6.13. The maximum atomic E-state index is 6.22. The Balaban J connectivity index is 1.93. The van der Waals surface area contributed by atoms with Gasteiger partial charge in [0.1, 0.15) is 12.4 Å². The highest BCUT2D eigenvalue weighted by Crippen LogP contribution is 2.32. The zero-order chi connectivity index (χ0) is 18.4. The average molecular weight is 348 g/mol. The van der Waals surface area contributed by atoms with Gasteiger partial charge in [-0.15, -0.1) is 6.58 Å². The molecule has 3 nitrogen and oxygen atoms in total. The monoisotopic (exact) mass is 348 g/mol. The van der Waals surface area contributed by atoms with Crippen molar-refractivity contribution in [1.82, 2.24) is 9.47 Å². The lowest BCUT2D eigenvalue weighted by atomic mass is 10.1. The fraction of sp³-hybridized carbons (Fsp3) is 0.304. The summed E-state index contributed by atoms with van der Waals surface area (Å²) in [6.07, 6.45) is 6.23. The summed E-state index contributed by atoms with van der Waals surface area (Å²) in [6.45, 7) is 6.42. The van der Waals surface area contributed by atoms with Crippen LogP contribution in [0, 0.1) is 0 Å². The Labute approximate surface area is 156 Å². The van der Waals surface area contributed by atoms with Gasteiger partial charge in [0.25, 0.3) is 0 Å². The van der Waals surface area contributed by atoms with E-state index in [-0.39, 0.29) is 0 Å². The van der Waals surface area contributed by atoms with Crippen LogP contribution in [0.25, 0.3) is 10.9 Å². The van der Waals surface area contributed by atoms with Gasteiger partial charge in [-0.05, 0) is 50.2 Å². The van der Waals surface area contributed by atoms with Crippen LogP contribution in [0.3, 0.4) is 0 Å². The van der Waals surface area contributed by atoms with Gasteiger partial charge in [0.15, 0.2) is 0 Å². The lowest BCUT2D eigenvalue weighted by molar-refractivity contribution is 0.310. The second-order valence-electron chi connectivity index (χ2n) is 6.90. The fourth-order valence-electron chi connectivity index (χ4n) is 3.21. The normalized spacial score (nSPS) is 11.2. The van der Waals surface area contributed by atoms with Crippen molar-refractivity contribution in [3.63, 3.8) is 0 Å². The SMILES string of the molecule is C=CCCn1cc(CCN(C)C)c2c(OCc3ccccc3)cccc21. The van der Waals surface area contributed by atoms with Crippen LogP contribution in [0.2, 0.25) is 0 Å². The Morgan fingerprint density at radius 1 is 1.08 bits per heavy atom. The predicted octanol–water partition coefficient (Wildman–Crippen LogP) is 4.90. The van der Waals surface area contributed by atoms with Crippen LogP contribution < -0.4 is 4.74 Å². The van der Waals surface area contributed by atoms with E-state index in [0.29, 0.717) is 6.61 Å². The smallest absolute Gasteiger partial charge is 0.129 e. The standard InChI is InChI=1S/C23H28N2O/c1-4-5-15-25-17-20(14-16-24(2)3)23-21(25)12-9-13-22(23)26-18-19-10-7-6-8-11-19/h4,6-13,17H,1,5,14-16,18H2,2-3H3. The van der Waals surface area contributed by atoms with Crippen LogP contribution in [0.4, 0.5) is 0 Å². The van der Waals surface area contributed by atoms with Gasteiger partial charge < -0.3 is 14.2 Å². The van der Waals surface area contributed by atoms with Gasteiger partial charge in [-0.1, -0.05) is 42.5 Å². The quantitative estimate of drug-likeness (QED) is 0.512. The maximum Gasteiger partial charge on any atom is 0.129 e. The zero-order valence-electron chi connectivity index (χ0n) is 15.8. The van der Waals surface area contributed by atoms with E-state index in [9.17, 15) is 0 Å².